The summed E-state index contributed by atoms with van der Waals surface area (Å²) in [5.74, 6) is 1.09. The SMILES string of the molecule is CCC(CSC)n1c(-c2ccccc2)c[nH]c1=S. The maximum Gasteiger partial charge on any atom is 0.177 e. The molecule has 2 aromatic rings. The van der Waals surface area contributed by atoms with Crippen molar-refractivity contribution in [3.63, 3.8) is 0 Å². The number of aromatic nitrogens is 2. The van der Waals surface area contributed by atoms with Crippen LogP contribution in [-0.2, 0) is 0 Å². The lowest BCUT2D eigenvalue weighted by molar-refractivity contribution is 0.538. The van der Waals surface area contributed by atoms with Gasteiger partial charge in [0.1, 0.15) is 0 Å². The molecule has 0 aliphatic heterocycles. The fraction of sp³-hybridized carbons (Fsp3) is 0.357. The number of benzene rings is 1. The lowest BCUT2D eigenvalue weighted by Gasteiger charge is -2.18. The standard InChI is InChI=1S/C14H18N2S2/c1-3-12(10-18-2)16-13(9-15-14(16)17)11-7-5-4-6-8-11/h4-9,12H,3,10H2,1-2H3,(H,15,17). The molecule has 1 unspecified atom stereocenters. The minimum Gasteiger partial charge on any atom is -0.337 e. The summed E-state index contributed by atoms with van der Waals surface area (Å²) in [6.45, 7) is 2.21. The van der Waals surface area contributed by atoms with Crippen molar-refractivity contribution in [3.05, 3.63) is 41.3 Å². The average Bonchev–Trinajstić information content (AvgIpc) is 2.79. The van der Waals surface area contributed by atoms with Gasteiger partial charge in [0.05, 0.1) is 5.69 Å². The van der Waals surface area contributed by atoms with Crippen molar-refractivity contribution in [1.29, 1.82) is 0 Å². The van der Waals surface area contributed by atoms with Gasteiger partial charge in [-0.3, -0.25) is 0 Å². The summed E-state index contributed by atoms with van der Waals surface area (Å²) in [5, 5.41) is 0. The third-order valence-corrected chi connectivity index (χ3v) is 4.11. The molecule has 0 aliphatic carbocycles. The van der Waals surface area contributed by atoms with E-state index in [0.717, 1.165) is 16.9 Å². The third-order valence-electron chi connectivity index (χ3n) is 3.08. The molecular formula is C14H18N2S2. The largest absolute Gasteiger partial charge is 0.337 e. The van der Waals surface area contributed by atoms with Crippen molar-refractivity contribution in [2.24, 2.45) is 0 Å². The molecule has 0 amide bonds. The third kappa shape index (κ3) is 2.70. The molecule has 1 heterocycles. The molecule has 1 atom stereocenters. The summed E-state index contributed by atoms with van der Waals surface area (Å²) in [7, 11) is 0. The molecule has 18 heavy (non-hydrogen) atoms. The Morgan fingerprint density at radius 1 is 1.33 bits per heavy atom. The number of rotatable bonds is 5. The first kappa shape index (κ1) is 13.4. The maximum absolute atomic E-state index is 5.43. The van der Waals surface area contributed by atoms with E-state index in [2.05, 4.69) is 47.0 Å². The van der Waals surface area contributed by atoms with E-state index in [1.807, 2.05) is 24.0 Å². The molecule has 2 rings (SSSR count). The highest BCUT2D eigenvalue weighted by Crippen LogP contribution is 2.26. The number of imidazole rings is 1. The molecule has 2 nitrogen and oxygen atoms in total. The van der Waals surface area contributed by atoms with Gasteiger partial charge in [-0.1, -0.05) is 37.3 Å². The molecular weight excluding hydrogens is 260 g/mol. The predicted octanol–water partition coefficient (Wildman–Crippen LogP) is 4.53. The summed E-state index contributed by atoms with van der Waals surface area (Å²) < 4.78 is 3.07. The summed E-state index contributed by atoms with van der Waals surface area (Å²) in [6, 6.07) is 10.9. The second-order valence-electron chi connectivity index (χ2n) is 4.23. The summed E-state index contributed by atoms with van der Waals surface area (Å²) >= 11 is 7.29. The first-order valence-corrected chi connectivity index (χ1v) is 7.92. The smallest absolute Gasteiger partial charge is 0.177 e. The number of H-pyrrole nitrogens is 1. The van der Waals surface area contributed by atoms with E-state index < -0.39 is 0 Å². The van der Waals surface area contributed by atoms with Gasteiger partial charge in [-0.05, 0) is 30.5 Å². The van der Waals surface area contributed by atoms with E-state index in [0.29, 0.717) is 6.04 Å². The zero-order chi connectivity index (χ0) is 13.0. The number of nitrogens with zero attached hydrogens (tertiary/aromatic N) is 1. The maximum atomic E-state index is 5.43. The number of nitrogens with one attached hydrogen (secondary N) is 1. The van der Waals surface area contributed by atoms with Crippen LogP contribution in [0, 0.1) is 4.77 Å². The van der Waals surface area contributed by atoms with Gasteiger partial charge in [-0.25, -0.2) is 0 Å². The van der Waals surface area contributed by atoms with Crippen LogP contribution in [0.2, 0.25) is 0 Å². The Labute approximate surface area is 117 Å². The zero-order valence-electron chi connectivity index (χ0n) is 10.7. The van der Waals surface area contributed by atoms with Gasteiger partial charge in [0, 0.05) is 18.0 Å². The van der Waals surface area contributed by atoms with Crippen molar-refractivity contribution in [2.75, 3.05) is 12.0 Å². The minimum absolute atomic E-state index is 0.453. The molecule has 1 N–H and O–H groups in total. The van der Waals surface area contributed by atoms with Crippen LogP contribution in [0.15, 0.2) is 36.5 Å². The fourth-order valence-electron chi connectivity index (χ4n) is 2.14. The van der Waals surface area contributed by atoms with Gasteiger partial charge < -0.3 is 9.55 Å². The highest BCUT2D eigenvalue weighted by atomic mass is 32.2. The highest BCUT2D eigenvalue weighted by molar-refractivity contribution is 7.98. The molecule has 0 aliphatic rings. The lowest BCUT2D eigenvalue weighted by Crippen LogP contribution is -2.12. The van der Waals surface area contributed by atoms with Crippen molar-refractivity contribution in [2.45, 2.75) is 19.4 Å². The first-order chi connectivity index (χ1) is 8.77. The van der Waals surface area contributed by atoms with E-state index >= 15 is 0 Å². The van der Waals surface area contributed by atoms with E-state index in [1.165, 1.54) is 11.3 Å². The summed E-state index contributed by atoms with van der Waals surface area (Å²) in [6.07, 6.45) is 5.24. The van der Waals surface area contributed by atoms with E-state index in [-0.39, 0.29) is 0 Å². The predicted molar refractivity (Wildman–Crippen MR) is 82.8 cm³/mol. The van der Waals surface area contributed by atoms with Crippen molar-refractivity contribution >= 4 is 24.0 Å². The first-order valence-electron chi connectivity index (χ1n) is 6.12. The van der Waals surface area contributed by atoms with Gasteiger partial charge in [0.15, 0.2) is 4.77 Å². The molecule has 1 aromatic heterocycles. The molecule has 0 saturated carbocycles. The Bertz CT molecular complexity index is 542. The highest BCUT2D eigenvalue weighted by Gasteiger charge is 2.14. The molecule has 4 heteroatoms. The molecule has 0 spiro atoms. The Morgan fingerprint density at radius 3 is 2.67 bits per heavy atom. The fourth-order valence-corrected chi connectivity index (χ4v) is 3.22. The number of hydrogen-bond donors (Lipinski definition) is 1. The molecule has 0 saturated heterocycles. The zero-order valence-corrected chi connectivity index (χ0v) is 12.4. The Kier molecular flexibility index (Phi) is 4.66. The lowest BCUT2D eigenvalue weighted by atomic mass is 10.1. The van der Waals surface area contributed by atoms with Gasteiger partial charge in [0.25, 0.3) is 0 Å². The Hall–Kier alpha value is -1.00. The monoisotopic (exact) mass is 278 g/mol. The van der Waals surface area contributed by atoms with Crippen LogP contribution >= 0.6 is 24.0 Å². The van der Waals surface area contributed by atoms with Crippen LogP contribution in [0.1, 0.15) is 19.4 Å². The van der Waals surface area contributed by atoms with Crippen molar-refractivity contribution in [1.82, 2.24) is 9.55 Å². The van der Waals surface area contributed by atoms with Crippen LogP contribution in [0.4, 0.5) is 0 Å². The molecule has 0 radical (unpaired) electrons. The van der Waals surface area contributed by atoms with Crippen LogP contribution < -0.4 is 0 Å². The van der Waals surface area contributed by atoms with Crippen LogP contribution in [0.25, 0.3) is 11.3 Å². The van der Waals surface area contributed by atoms with E-state index in [4.69, 9.17) is 12.2 Å². The van der Waals surface area contributed by atoms with Crippen LogP contribution in [0.3, 0.4) is 0 Å². The van der Waals surface area contributed by atoms with Crippen molar-refractivity contribution < 1.29 is 0 Å². The Morgan fingerprint density at radius 2 is 2.06 bits per heavy atom. The van der Waals surface area contributed by atoms with Crippen LogP contribution in [-0.4, -0.2) is 21.6 Å². The summed E-state index contributed by atoms with van der Waals surface area (Å²) in [5.41, 5.74) is 2.39. The summed E-state index contributed by atoms with van der Waals surface area (Å²) in [4.78, 5) is 3.18. The van der Waals surface area contributed by atoms with E-state index in [9.17, 15) is 0 Å². The van der Waals surface area contributed by atoms with Gasteiger partial charge in [-0.15, -0.1) is 0 Å². The van der Waals surface area contributed by atoms with Crippen molar-refractivity contribution in [3.8, 4) is 11.3 Å². The Balaban J connectivity index is 2.47. The normalized spacial score (nSPS) is 12.6. The number of aromatic amines is 1. The number of thioether (sulfide) groups is 1. The molecule has 1 aromatic carbocycles. The van der Waals surface area contributed by atoms with Crippen LogP contribution in [0.5, 0.6) is 0 Å². The second-order valence-corrected chi connectivity index (χ2v) is 5.53. The average molecular weight is 278 g/mol. The molecule has 0 fully saturated rings. The van der Waals surface area contributed by atoms with Gasteiger partial charge in [-0.2, -0.15) is 11.8 Å². The molecule has 96 valence electrons. The van der Waals surface area contributed by atoms with Gasteiger partial charge in [0.2, 0.25) is 0 Å². The topological polar surface area (TPSA) is 20.7 Å². The quantitative estimate of drug-likeness (QED) is 0.811. The minimum atomic E-state index is 0.453. The molecule has 0 bridgehead atoms. The van der Waals surface area contributed by atoms with E-state index in [1.54, 1.807) is 0 Å². The second kappa shape index (κ2) is 6.25. The van der Waals surface area contributed by atoms with Gasteiger partial charge >= 0.3 is 0 Å². The number of hydrogen-bond acceptors (Lipinski definition) is 2.